The molecule has 0 saturated heterocycles. The van der Waals surface area contributed by atoms with E-state index in [-0.39, 0.29) is 18.6 Å². The Balaban J connectivity index is 2.36. The molecular formula is C17H15F2NO3. The topological polar surface area (TPSA) is 63.2 Å². The molecule has 0 fully saturated rings. The van der Waals surface area contributed by atoms with Crippen molar-refractivity contribution in [1.29, 1.82) is 5.26 Å². The molecule has 0 spiro atoms. The highest BCUT2D eigenvalue weighted by atomic mass is 19.1. The Hall–Kier alpha value is -2.68. The number of hydrogen-bond donors (Lipinski definition) is 0. The Labute approximate surface area is 132 Å². The molecule has 0 unspecified atom stereocenters. The van der Waals surface area contributed by atoms with Crippen molar-refractivity contribution in [3.63, 3.8) is 0 Å². The molecule has 1 heterocycles. The largest absolute Gasteiger partial charge is 0.472 e. The van der Waals surface area contributed by atoms with Crippen LogP contribution in [0.15, 0.2) is 41.2 Å². The predicted molar refractivity (Wildman–Crippen MR) is 77.4 cm³/mol. The van der Waals surface area contributed by atoms with Crippen LogP contribution >= 0.6 is 0 Å². The van der Waals surface area contributed by atoms with Gasteiger partial charge < -0.3 is 9.15 Å². The summed E-state index contributed by atoms with van der Waals surface area (Å²) < 4.78 is 37.5. The monoisotopic (exact) mass is 319 g/mol. The van der Waals surface area contributed by atoms with E-state index in [1.165, 1.54) is 19.5 Å². The number of furan rings is 1. The van der Waals surface area contributed by atoms with Crippen molar-refractivity contribution in [2.24, 2.45) is 0 Å². The number of carbonyl (C=O) groups is 1. The third-order valence-corrected chi connectivity index (χ3v) is 3.54. The Morgan fingerprint density at radius 3 is 2.78 bits per heavy atom. The van der Waals surface area contributed by atoms with Gasteiger partial charge in [0.05, 0.1) is 31.1 Å². The van der Waals surface area contributed by atoms with Crippen LogP contribution in [-0.2, 0) is 9.53 Å². The molecule has 0 bridgehead atoms. The van der Waals surface area contributed by atoms with Gasteiger partial charge in [0.2, 0.25) is 0 Å². The molecule has 2 aromatic rings. The molecule has 6 heteroatoms. The van der Waals surface area contributed by atoms with Gasteiger partial charge >= 0.3 is 5.97 Å². The van der Waals surface area contributed by atoms with Crippen LogP contribution in [0.1, 0.15) is 36.3 Å². The first kappa shape index (κ1) is 16.7. The fraction of sp³-hybridized carbons (Fsp3) is 0.294. The number of benzene rings is 1. The SMILES string of the molecule is CC(=O)OCC[C@@H](c1cc(F)ccc1F)[C@H](C#N)c1ccoc1. The molecule has 4 nitrogen and oxygen atoms in total. The number of nitrogens with zero attached hydrogens (tertiary/aromatic N) is 1. The fourth-order valence-corrected chi connectivity index (χ4v) is 2.48. The van der Waals surface area contributed by atoms with Gasteiger partial charge in [-0.05, 0) is 36.2 Å². The molecule has 0 radical (unpaired) electrons. The molecule has 23 heavy (non-hydrogen) atoms. The van der Waals surface area contributed by atoms with Crippen LogP contribution in [-0.4, -0.2) is 12.6 Å². The van der Waals surface area contributed by atoms with E-state index in [1.54, 1.807) is 6.07 Å². The predicted octanol–water partition coefficient (Wildman–Crippen LogP) is 3.90. The zero-order chi connectivity index (χ0) is 16.8. The van der Waals surface area contributed by atoms with Gasteiger partial charge in [-0.1, -0.05) is 0 Å². The van der Waals surface area contributed by atoms with Crippen molar-refractivity contribution in [3.8, 4) is 6.07 Å². The smallest absolute Gasteiger partial charge is 0.302 e. The van der Waals surface area contributed by atoms with Crippen LogP contribution in [0.5, 0.6) is 0 Å². The van der Waals surface area contributed by atoms with Crippen molar-refractivity contribution in [1.82, 2.24) is 0 Å². The van der Waals surface area contributed by atoms with Gasteiger partial charge in [0.15, 0.2) is 0 Å². The second-order valence-corrected chi connectivity index (χ2v) is 5.06. The van der Waals surface area contributed by atoms with Crippen molar-refractivity contribution in [2.45, 2.75) is 25.2 Å². The standard InChI is InChI=1S/C17H15F2NO3/c1-11(21)23-7-5-14(15-8-13(18)2-3-17(15)19)16(9-20)12-4-6-22-10-12/h2-4,6,8,10,14,16H,5,7H2,1H3/t14-,16+/m0/s1. The molecule has 2 atom stereocenters. The maximum absolute atomic E-state index is 14.1. The minimum absolute atomic E-state index is 0.00594. The number of carbonyl (C=O) groups excluding carboxylic acids is 1. The Morgan fingerprint density at radius 1 is 1.39 bits per heavy atom. The summed E-state index contributed by atoms with van der Waals surface area (Å²) in [5.74, 6) is -3.10. The molecule has 1 aromatic carbocycles. The lowest BCUT2D eigenvalue weighted by Crippen LogP contribution is -2.15. The maximum Gasteiger partial charge on any atom is 0.302 e. The van der Waals surface area contributed by atoms with E-state index in [2.05, 4.69) is 6.07 Å². The quantitative estimate of drug-likeness (QED) is 0.758. The third kappa shape index (κ3) is 4.16. The zero-order valence-electron chi connectivity index (χ0n) is 12.5. The molecule has 120 valence electrons. The van der Waals surface area contributed by atoms with E-state index in [4.69, 9.17) is 9.15 Å². The maximum atomic E-state index is 14.1. The van der Waals surface area contributed by atoms with Crippen LogP contribution in [0.3, 0.4) is 0 Å². The highest BCUT2D eigenvalue weighted by Crippen LogP contribution is 2.37. The lowest BCUT2D eigenvalue weighted by Gasteiger charge is -2.22. The van der Waals surface area contributed by atoms with Gasteiger partial charge in [0.1, 0.15) is 11.6 Å². The summed E-state index contributed by atoms with van der Waals surface area (Å²) in [6, 6.07) is 6.80. The number of hydrogen-bond acceptors (Lipinski definition) is 4. The number of halogens is 2. The van der Waals surface area contributed by atoms with Crippen LogP contribution in [0, 0.1) is 23.0 Å². The Kier molecular flexibility index (Phi) is 5.47. The molecule has 0 saturated carbocycles. The van der Waals surface area contributed by atoms with Crippen LogP contribution in [0.25, 0.3) is 0 Å². The average molecular weight is 319 g/mol. The van der Waals surface area contributed by atoms with Gasteiger partial charge in [-0.3, -0.25) is 4.79 Å². The van der Waals surface area contributed by atoms with E-state index in [0.717, 1.165) is 18.2 Å². The van der Waals surface area contributed by atoms with E-state index < -0.39 is 29.4 Å². The number of nitriles is 1. The van der Waals surface area contributed by atoms with Crippen molar-refractivity contribution in [3.05, 3.63) is 59.6 Å². The molecule has 2 rings (SSSR count). The van der Waals surface area contributed by atoms with Crippen LogP contribution in [0.4, 0.5) is 8.78 Å². The molecule has 0 aliphatic carbocycles. The molecule has 0 N–H and O–H groups in total. The first-order chi connectivity index (χ1) is 11.0. The third-order valence-electron chi connectivity index (χ3n) is 3.54. The highest BCUT2D eigenvalue weighted by molar-refractivity contribution is 5.65. The Morgan fingerprint density at radius 2 is 2.17 bits per heavy atom. The number of ether oxygens (including phenoxy) is 1. The number of rotatable bonds is 6. The van der Waals surface area contributed by atoms with Gasteiger partial charge in [-0.25, -0.2) is 8.78 Å². The van der Waals surface area contributed by atoms with Crippen molar-refractivity contribution >= 4 is 5.97 Å². The average Bonchev–Trinajstić information content (AvgIpc) is 3.03. The lowest BCUT2D eigenvalue weighted by molar-refractivity contribution is -0.141. The molecule has 0 aliphatic rings. The summed E-state index contributed by atoms with van der Waals surface area (Å²) in [5.41, 5.74) is 0.633. The van der Waals surface area contributed by atoms with Crippen molar-refractivity contribution < 1.29 is 22.7 Å². The van der Waals surface area contributed by atoms with Crippen LogP contribution in [0.2, 0.25) is 0 Å². The molecule has 0 amide bonds. The summed E-state index contributed by atoms with van der Waals surface area (Å²) in [4.78, 5) is 10.9. The summed E-state index contributed by atoms with van der Waals surface area (Å²) in [7, 11) is 0. The minimum Gasteiger partial charge on any atom is -0.472 e. The van der Waals surface area contributed by atoms with Gasteiger partial charge in [0, 0.05) is 18.4 Å². The highest BCUT2D eigenvalue weighted by Gasteiger charge is 2.28. The van der Waals surface area contributed by atoms with Crippen molar-refractivity contribution in [2.75, 3.05) is 6.61 Å². The molecular weight excluding hydrogens is 304 g/mol. The molecule has 1 aromatic heterocycles. The summed E-state index contributed by atoms with van der Waals surface area (Å²) in [6.45, 7) is 1.27. The molecule has 0 aliphatic heterocycles. The first-order valence-corrected chi connectivity index (χ1v) is 7.03. The summed E-state index contributed by atoms with van der Waals surface area (Å²) >= 11 is 0. The zero-order valence-corrected chi connectivity index (χ0v) is 12.5. The fourth-order valence-electron chi connectivity index (χ4n) is 2.48. The van der Waals surface area contributed by atoms with E-state index >= 15 is 0 Å². The van der Waals surface area contributed by atoms with Gasteiger partial charge in [0.25, 0.3) is 0 Å². The van der Waals surface area contributed by atoms with Crippen LogP contribution < -0.4 is 0 Å². The first-order valence-electron chi connectivity index (χ1n) is 7.03. The van der Waals surface area contributed by atoms with E-state index in [1.807, 2.05) is 0 Å². The van der Waals surface area contributed by atoms with E-state index in [9.17, 15) is 18.8 Å². The normalized spacial score (nSPS) is 13.1. The minimum atomic E-state index is -0.749. The van der Waals surface area contributed by atoms with E-state index in [0.29, 0.717) is 5.56 Å². The second kappa shape index (κ2) is 7.54. The van der Waals surface area contributed by atoms with Gasteiger partial charge in [-0.15, -0.1) is 0 Å². The second-order valence-electron chi connectivity index (χ2n) is 5.06. The summed E-state index contributed by atoms with van der Waals surface area (Å²) in [6.07, 6.45) is 2.98. The summed E-state index contributed by atoms with van der Waals surface area (Å²) in [5, 5.41) is 9.48. The lowest BCUT2D eigenvalue weighted by atomic mass is 9.81. The number of esters is 1. The van der Waals surface area contributed by atoms with Gasteiger partial charge in [-0.2, -0.15) is 5.26 Å². The Bertz CT molecular complexity index is 707.